The van der Waals surface area contributed by atoms with Crippen LogP contribution in [-0.2, 0) is 9.59 Å². The van der Waals surface area contributed by atoms with Gasteiger partial charge in [-0.2, -0.15) is 0 Å². The molecule has 0 spiro atoms. The van der Waals surface area contributed by atoms with Crippen LogP contribution >= 0.6 is 0 Å². The Bertz CT molecular complexity index is 653. The Balaban J connectivity index is 1.77. The standard InChI is InChI=1S/C18H22FNO5/c1-25-16-8-4-12(10-14(16)19)15(21)7-9-17(22)20-13-5-2-11(3-6-13)18(23)24/h4,8,10-11,13H,2-3,5-7,9H2,1H3,(H,20,22)(H,23,24). The number of ether oxygens (including phenoxy) is 1. The van der Waals surface area contributed by atoms with E-state index >= 15 is 0 Å². The fourth-order valence-corrected chi connectivity index (χ4v) is 3.00. The van der Waals surface area contributed by atoms with Gasteiger partial charge < -0.3 is 15.2 Å². The summed E-state index contributed by atoms with van der Waals surface area (Å²) in [7, 11) is 1.34. The van der Waals surface area contributed by atoms with Gasteiger partial charge in [-0.3, -0.25) is 14.4 Å². The normalized spacial score (nSPS) is 19.9. The molecule has 0 aromatic heterocycles. The van der Waals surface area contributed by atoms with Crippen molar-refractivity contribution in [3.05, 3.63) is 29.6 Å². The summed E-state index contributed by atoms with van der Waals surface area (Å²) < 4.78 is 18.4. The van der Waals surface area contributed by atoms with Gasteiger partial charge in [0.25, 0.3) is 0 Å². The minimum atomic E-state index is -0.790. The van der Waals surface area contributed by atoms with E-state index in [0.29, 0.717) is 25.7 Å². The third-order valence-electron chi connectivity index (χ3n) is 4.49. The number of carboxylic acids is 1. The predicted molar refractivity (Wildman–Crippen MR) is 88.0 cm³/mol. The van der Waals surface area contributed by atoms with Gasteiger partial charge in [-0.05, 0) is 43.9 Å². The molecule has 2 rings (SSSR count). The summed E-state index contributed by atoms with van der Waals surface area (Å²) in [6, 6.07) is 3.90. The molecule has 0 saturated heterocycles. The number of methoxy groups -OCH3 is 1. The highest BCUT2D eigenvalue weighted by atomic mass is 19.1. The highest BCUT2D eigenvalue weighted by molar-refractivity contribution is 5.98. The molecule has 1 saturated carbocycles. The summed E-state index contributed by atoms with van der Waals surface area (Å²) in [5.74, 6) is -2.24. The van der Waals surface area contributed by atoms with Crippen molar-refractivity contribution in [1.29, 1.82) is 0 Å². The molecule has 0 heterocycles. The first-order valence-corrected chi connectivity index (χ1v) is 8.29. The predicted octanol–water partition coefficient (Wildman–Crippen LogP) is 2.56. The van der Waals surface area contributed by atoms with E-state index in [2.05, 4.69) is 5.32 Å². The number of benzene rings is 1. The van der Waals surface area contributed by atoms with E-state index in [1.54, 1.807) is 0 Å². The second kappa shape index (κ2) is 8.60. The number of amides is 1. The lowest BCUT2D eigenvalue weighted by Gasteiger charge is -2.26. The molecule has 1 aliphatic rings. The molecule has 0 aliphatic heterocycles. The van der Waals surface area contributed by atoms with E-state index in [1.807, 2.05) is 0 Å². The number of nitrogens with one attached hydrogen (secondary N) is 1. The number of rotatable bonds is 7. The number of carbonyl (C=O) groups is 3. The van der Waals surface area contributed by atoms with Crippen molar-refractivity contribution >= 4 is 17.7 Å². The minimum absolute atomic E-state index is 0.0118. The molecule has 1 aromatic carbocycles. The Labute approximate surface area is 145 Å². The van der Waals surface area contributed by atoms with Gasteiger partial charge >= 0.3 is 5.97 Å². The van der Waals surface area contributed by atoms with E-state index in [1.165, 1.54) is 19.2 Å². The minimum Gasteiger partial charge on any atom is -0.494 e. The maximum atomic E-state index is 13.6. The molecule has 2 N–H and O–H groups in total. The summed E-state index contributed by atoms with van der Waals surface area (Å²) in [5.41, 5.74) is 0.202. The quantitative estimate of drug-likeness (QED) is 0.737. The lowest BCUT2D eigenvalue weighted by Crippen LogP contribution is -2.38. The van der Waals surface area contributed by atoms with Crippen molar-refractivity contribution in [1.82, 2.24) is 5.32 Å². The highest BCUT2D eigenvalue weighted by Gasteiger charge is 2.26. The number of halogens is 1. The van der Waals surface area contributed by atoms with Crippen molar-refractivity contribution in [3.8, 4) is 5.75 Å². The molecule has 0 bridgehead atoms. The first-order valence-electron chi connectivity index (χ1n) is 8.29. The Morgan fingerprint density at radius 1 is 1.20 bits per heavy atom. The molecular formula is C18H22FNO5. The Kier molecular flexibility index (Phi) is 6.50. The van der Waals surface area contributed by atoms with Crippen molar-refractivity contribution in [3.63, 3.8) is 0 Å². The molecule has 6 nitrogen and oxygen atoms in total. The lowest BCUT2D eigenvalue weighted by atomic mass is 9.86. The largest absolute Gasteiger partial charge is 0.494 e. The third-order valence-corrected chi connectivity index (χ3v) is 4.49. The van der Waals surface area contributed by atoms with Crippen LogP contribution < -0.4 is 10.1 Å². The zero-order chi connectivity index (χ0) is 18.4. The topological polar surface area (TPSA) is 92.7 Å². The molecule has 0 radical (unpaired) electrons. The lowest BCUT2D eigenvalue weighted by molar-refractivity contribution is -0.142. The average molecular weight is 351 g/mol. The van der Waals surface area contributed by atoms with Crippen LogP contribution in [0.15, 0.2) is 18.2 Å². The maximum absolute atomic E-state index is 13.6. The summed E-state index contributed by atoms with van der Waals surface area (Å²) in [5, 5.41) is 11.8. The van der Waals surface area contributed by atoms with Gasteiger partial charge in [0, 0.05) is 24.4 Å². The maximum Gasteiger partial charge on any atom is 0.306 e. The molecule has 0 atom stereocenters. The van der Waals surface area contributed by atoms with Crippen molar-refractivity contribution in [2.24, 2.45) is 5.92 Å². The summed E-state index contributed by atoms with van der Waals surface area (Å²) in [6.45, 7) is 0. The summed E-state index contributed by atoms with van der Waals surface area (Å²) in [6.07, 6.45) is 2.35. The van der Waals surface area contributed by atoms with Gasteiger partial charge in [-0.15, -0.1) is 0 Å². The third kappa shape index (κ3) is 5.27. The van der Waals surface area contributed by atoms with Gasteiger partial charge in [0.05, 0.1) is 13.0 Å². The fraction of sp³-hybridized carbons (Fsp3) is 0.500. The monoisotopic (exact) mass is 351 g/mol. The zero-order valence-corrected chi connectivity index (χ0v) is 14.1. The van der Waals surface area contributed by atoms with Crippen LogP contribution in [0.1, 0.15) is 48.9 Å². The Morgan fingerprint density at radius 2 is 1.88 bits per heavy atom. The van der Waals surface area contributed by atoms with Crippen LogP contribution in [0.4, 0.5) is 4.39 Å². The van der Waals surface area contributed by atoms with E-state index in [4.69, 9.17) is 9.84 Å². The number of hydrogen-bond acceptors (Lipinski definition) is 4. The molecule has 0 unspecified atom stereocenters. The first-order chi connectivity index (χ1) is 11.9. The second-order valence-electron chi connectivity index (χ2n) is 6.23. The van der Waals surface area contributed by atoms with E-state index in [0.717, 1.165) is 6.07 Å². The Morgan fingerprint density at radius 3 is 2.44 bits per heavy atom. The van der Waals surface area contributed by atoms with Crippen LogP contribution in [0, 0.1) is 11.7 Å². The molecule has 1 aliphatic carbocycles. The molecule has 1 amide bonds. The van der Waals surface area contributed by atoms with Crippen LogP contribution in [0.3, 0.4) is 0 Å². The number of Topliss-reactive ketones (excluding diaryl/α,β-unsaturated/α-hetero) is 1. The van der Waals surface area contributed by atoms with Crippen LogP contribution in [0.25, 0.3) is 0 Å². The SMILES string of the molecule is COc1ccc(C(=O)CCC(=O)NC2CCC(C(=O)O)CC2)cc1F. The first kappa shape index (κ1) is 18.9. The van der Waals surface area contributed by atoms with Gasteiger partial charge in [0.15, 0.2) is 17.3 Å². The fourth-order valence-electron chi connectivity index (χ4n) is 3.00. The van der Waals surface area contributed by atoms with E-state index in [-0.39, 0.29) is 47.8 Å². The summed E-state index contributed by atoms with van der Waals surface area (Å²) >= 11 is 0. The Hall–Kier alpha value is -2.44. The van der Waals surface area contributed by atoms with Crippen molar-refractivity contribution in [2.75, 3.05) is 7.11 Å². The second-order valence-corrected chi connectivity index (χ2v) is 6.23. The molecular weight excluding hydrogens is 329 g/mol. The van der Waals surface area contributed by atoms with Crippen LogP contribution in [0.2, 0.25) is 0 Å². The molecule has 7 heteroatoms. The number of hydrogen-bond donors (Lipinski definition) is 2. The number of ketones is 1. The smallest absolute Gasteiger partial charge is 0.306 e. The number of carbonyl (C=O) groups excluding carboxylic acids is 2. The van der Waals surface area contributed by atoms with E-state index < -0.39 is 11.8 Å². The van der Waals surface area contributed by atoms with Gasteiger partial charge in [0.1, 0.15) is 0 Å². The van der Waals surface area contributed by atoms with Crippen molar-refractivity contribution in [2.45, 2.75) is 44.6 Å². The molecule has 1 aromatic rings. The molecule has 136 valence electrons. The number of aliphatic carboxylic acids is 1. The molecule has 25 heavy (non-hydrogen) atoms. The summed E-state index contributed by atoms with van der Waals surface area (Å²) in [4.78, 5) is 34.9. The molecule has 1 fully saturated rings. The average Bonchev–Trinajstić information content (AvgIpc) is 2.60. The van der Waals surface area contributed by atoms with Crippen LogP contribution in [0.5, 0.6) is 5.75 Å². The van der Waals surface area contributed by atoms with E-state index in [9.17, 15) is 18.8 Å². The van der Waals surface area contributed by atoms with Crippen LogP contribution in [-0.4, -0.2) is 35.9 Å². The zero-order valence-electron chi connectivity index (χ0n) is 14.1. The highest BCUT2D eigenvalue weighted by Crippen LogP contribution is 2.24. The van der Waals surface area contributed by atoms with Gasteiger partial charge in [-0.1, -0.05) is 0 Å². The van der Waals surface area contributed by atoms with Gasteiger partial charge in [-0.25, -0.2) is 4.39 Å². The van der Waals surface area contributed by atoms with Crippen molar-refractivity contribution < 1.29 is 28.6 Å². The number of carboxylic acid groups (broad SMARTS) is 1. The van der Waals surface area contributed by atoms with Gasteiger partial charge in [0.2, 0.25) is 5.91 Å².